The van der Waals surface area contributed by atoms with Crippen molar-refractivity contribution < 1.29 is 14.0 Å². The number of rotatable bonds is 6. The van der Waals surface area contributed by atoms with Crippen LogP contribution in [-0.4, -0.2) is 32.6 Å². The van der Waals surface area contributed by atoms with Crippen LogP contribution < -0.4 is 10.6 Å². The van der Waals surface area contributed by atoms with E-state index in [0.29, 0.717) is 22.8 Å². The first-order valence-electron chi connectivity index (χ1n) is 10.1. The van der Waals surface area contributed by atoms with Crippen LogP contribution in [0.3, 0.4) is 0 Å². The third-order valence-electron chi connectivity index (χ3n) is 4.94. The van der Waals surface area contributed by atoms with E-state index in [0.717, 1.165) is 17.7 Å². The number of nitrogens with zero attached hydrogens (tertiary/aromatic N) is 3. The van der Waals surface area contributed by atoms with Crippen LogP contribution >= 0.6 is 11.3 Å². The molecule has 5 rings (SSSR count). The molecule has 1 aliphatic carbocycles. The molecule has 2 aromatic heterocycles. The minimum atomic E-state index is -0.565. The van der Waals surface area contributed by atoms with E-state index in [4.69, 9.17) is 0 Å². The van der Waals surface area contributed by atoms with Gasteiger partial charge in [-0.2, -0.15) is 0 Å². The first kappa shape index (κ1) is 20.1. The first-order chi connectivity index (χ1) is 15.6. The van der Waals surface area contributed by atoms with Crippen LogP contribution in [0.5, 0.6) is 0 Å². The second-order valence-electron chi connectivity index (χ2n) is 7.38. The minimum absolute atomic E-state index is 0.0879. The van der Waals surface area contributed by atoms with Gasteiger partial charge in [0.05, 0.1) is 21.8 Å². The number of benzene rings is 2. The Balaban J connectivity index is 1.47. The zero-order chi connectivity index (χ0) is 22.1. The maximum atomic E-state index is 13.8. The number of carbonyl (C=O) groups excluding carboxylic acids is 2. The molecule has 0 atom stereocenters. The molecule has 7 nitrogen and oxygen atoms in total. The number of para-hydroxylation sites is 1. The Kier molecular flexibility index (Phi) is 5.24. The second-order valence-corrected chi connectivity index (χ2v) is 8.32. The summed E-state index contributed by atoms with van der Waals surface area (Å²) in [5.74, 6) is -0.882. The summed E-state index contributed by atoms with van der Waals surface area (Å²) in [6, 6.07) is 16.6. The topological polar surface area (TPSA) is 88.9 Å². The van der Waals surface area contributed by atoms with Gasteiger partial charge in [-0.05, 0) is 54.6 Å². The van der Waals surface area contributed by atoms with Crippen LogP contribution in [0, 0.1) is 5.82 Å². The highest BCUT2D eigenvalue weighted by Crippen LogP contribution is 2.26. The number of carbonyl (C=O) groups is 2. The summed E-state index contributed by atoms with van der Waals surface area (Å²) in [5.41, 5.74) is 1.19. The number of hydrogen-bond acceptors (Lipinski definition) is 5. The highest BCUT2D eigenvalue weighted by molar-refractivity contribution is 7.13. The lowest BCUT2D eigenvalue weighted by molar-refractivity contribution is 0.0952. The Bertz CT molecular complexity index is 1300. The normalized spacial score (nSPS) is 13.0. The fraction of sp³-hybridized carbons (Fsp3) is 0.130. The average molecular weight is 447 g/mol. The van der Waals surface area contributed by atoms with Gasteiger partial charge in [-0.15, -0.1) is 16.4 Å². The zero-order valence-corrected chi connectivity index (χ0v) is 17.6. The van der Waals surface area contributed by atoms with Gasteiger partial charge in [0.1, 0.15) is 5.82 Å². The van der Waals surface area contributed by atoms with Gasteiger partial charge < -0.3 is 10.6 Å². The van der Waals surface area contributed by atoms with Crippen LogP contribution in [0.4, 0.5) is 10.1 Å². The molecule has 9 heteroatoms. The Hall–Kier alpha value is -3.85. The SMILES string of the molecule is O=C(Nc1ccccc1C(=O)NC1CC1)c1nc(-c2cccs2)n(-c2cccc(F)c2)n1. The maximum Gasteiger partial charge on any atom is 0.295 e. The Morgan fingerprint density at radius 2 is 1.88 bits per heavy atom. The van der Waals surface area contributed by atoms with Gasteiger partial charge in [0.25, 0.3) is 11.8 Å². The van der Waals surface area contributed by atoms with Gasteiger partial charge in [0.2, 0.25) is 5.82 Å². The molecule has 1 fully saturated rings. The molecule has 4 aromatic rings. The van der Waals surface area contributed by atoms with Gasteiger partial charge in [0, 0.05) is 6.04 Å². The standard InChI is InChI=1S/C23H18FN5O2S/c24-14-5-3-6-16(13-14)29-21(19-9-4-12-32-19)27-20(28-29)23(31)26-18-8-2-1-7-17(18)22(30)25-15-10-11-15/h1-9,12-13,15H,10-11H2,(H,25,30)(H,26,31). The van der Waals surface area contributed by atoms with E-state index >= 15 is 0 Å². The number of amides is 2. The highest BCUT2D eigenvalue weighted by Gasteiger charge is 2.26. The van der Waals surface area contributed by atoms with Gasteiger partial charge >= 0.3 is 0 Å². The molecule has 0 radical (unpaired) electrons. The number of anilines is 1. The van der Waals surface area contributed by atoms with Gasteiger partial charge in [-0.3, -0.25) is 9.59 Å². The Morgan fingerprint density at radius 1 is 1.03 bits per heavy atom. The van der Waals surface area contributed by atoms with Crippen LogP contribution in [0.15, 0.2) is 66.0 Å². The monoisotopic (exact) mass is 447 g/mol. The molecule has 32 heavy (non-hydrogen) atoms. The molecular weight excluding hydrogens is 429 g/mol. The van der Waals surface area contributed by atoms with E-state index in [-0.39, 0.29) is 17.8 Å². The fourth-order valence-corrected chi connectivity index (χ4v) is 3.92. The van der Waals surface area contributed by atoms with Crippen molar-refractivity contribution in [1.82, 2.24) is 20.1 Å². The van der Waals surface area contributed by atoms with Crippen LogP contribution in [0.2, 0.25) is 0 Å². The molecule has 0 aliphatic heterocycles. The lowest BCUT2D eigenvalue weighted by atomic mass is 10.1. The lowest BCUT2D eigenvalue weighted by Gasteiger charge is -2.10. The Labute approximate surface area is 186 Å². The summed E-state index contributed by atoms with van der Waals surface area (Å²) in [7, 11) is 0. The summed E-state index contributed by atoms with van der Waals surface area (Å²) >= 11 is 1.43. The van der Waals surface area contributed by atoms with Crippen molar-refractivity contribution in [3.63, 3.8) is 0 Å². The number of aromatic nitrogens is 3. The summed E-state index contributed by atoms with van der Waals surface area (Å²) in [5, 5.41) is 11.9. The molecule has 2 N–H and O–H groups in total. The third-order valence-corrected chi connectivity index (χ3v) is 5.80. The average Bonchev–Trinajstić information content (AvgIpc) is 3.26. The molecule has 2 heterocycles. The smallest absolute Gasteiger partial charge is 0.295 e. The predicted molar refractivity (Wildman–Crippen MR) is 120 cm³/mol. The number of thiophene rings is 1. The fourth-order valence-electron chi connectivity index (χ4n) is 3.22. The molecular formula is C23H18FN5O2S. The molecule has 2 aromatic carbocycles. The molecule has 0 saturated heterocycles. The van der Waals surface area contributed by atoms with E-state index in [2.05, 4.69) is 20.7 Å². The minimum Gasteiger partial charge on any atom is -0.349 e. The number of hydrogen-bond donors (Lipinski definition) is 2. The quantitative estimate of drug-likeness (QED) is 0.462. The van der Waals surface area contributed by atoms with Gasteiger partial charge in [-0.25, -0.2) is 14.1 Å². The largest absolute Gasteiger partial charge is 0.349 e. The summed E-state index contributed by atoms with van der Waals surface area (Å²) in [6.07, 6.45) is 1.93. The third kappa shape index (κ3) is 4.15. The molecule has 160 valence electrons. The van der Waals surface area contributed by atoms with Crippen LogP contribution in [0.1, 0.15) is 33.8 Å². The van der Waals surface area contributed by atoms with E-state index < -0.39 is 11.7 Å². The second kappa shape index (κ2) is 8.35. The number of nitrogens with one attached hydrogen (secondary N) is 2. The van der Waals surface area contributed by atoms with Crippen LogP contribution in [0.25, 0.3) is 16.4 Å². The first-order valence-corrected chi connectivity index (χ1v) is 10.9. The zero-order valence-electron chi connectivity index (χ0n) is 16.8. The van der Waals surface area contributed by atoms with Crippen molar-refractivity contribution in [2.75, 3.05) is 5.32 Å². The molecule has 1 aliphatic rings. The summed E-state index contributed by atoms with van der Waals surface area (Å²) in [6.45, 7) is 0. The lowest BCUT2D eigenvalue weighted by Crippen LogP contribution is -2.27. The van der Waals surface area contributed by atoms with Crippen molar-refractivity contribution >= 4 is 28.8 Å². The van der Waals surface area contributed by atoms with Gasteiger partial charge in [-0.1, -0.05) is 24.3 Å². The van der Waals surface area contributed by atoms with E-state index in [1.165, 1.54) is 28.2 Å². The predicted octanol–water partition coefficient (Wildman–Crippen LogP) is 4.28. The van der Waals surface area contributed by atoms with Crippen molar-refractivity contribution in [2.45, 2.75) is 18.9 Å². The summed E-state index contributed by atoms with van der Waals surface area (Å²) in [4.78, 5) is 30.7. The van der Waals surface area contributed by atoms with E-state index in [1.807, 2.05) is 17.5 Å². The molecule has 0 bridgehead atoms. The molecule has 0 spiro atoms. The van der Waals surface area contributed by atoms with E-state index in [1.54, 1.807) is 36.4 Å². The van der Waals surface area contributed by atoms with Crippen LogP contribution in [-0.2, 0) is 0 Å². The van der Waals surface area contributed by atoms with Crippen molar-refractivity contribution in [1.29, 1.82) is 0 Å². The Morgan fingerprint density at radius 3 is 2.62 bits per heavy atom. The van der Waals surface area contributed by atoms with E-state index in [9.17, 15) is 14.0 Å². The van der Waals surface area contributed by atoms with Crippen molar-refractivity contribution in [3.05, 3.63) is 83.2 Å². The molecule has 2 amide bonds. The maximum absolute atomic E-state index is 13.8. The summed E-state index contributed by atoms with van der Waals surface area (Å²) < 4.78 is 15.3. The van der Waals surface area contributed by atoms with Crippen molar-refractivity contribution in [3.8, 4) is 16.4 Å². The highest BCUT2D eigenvalue weighted by atomic mass is 32.1. The van der Waals surface area contributed by atoms with Gasteiger partial charge in [0.15, 0.2) is 5.82 Å². The molecule has 0 unspecified atom stereocenters. The molecule has 1 saturated carbocycles. The number of halogens is 1. The van der Waals surface area contributed by atoms with Crippen molar-refractivity contribution in [2.24, 2.45) is 0 Å².